The Morgan fingerprint density at radius 2 is 2.05 bits per heavy atom. The van der Waals surface area contributed by atoms with Crippen LogP contribution in [0.3, 0.4) is 0 Å². The van der Waals surface area contributed by atoms with Crippen molar-refractivity contribution >= 4 is 17.4 Å². The molecule has 104 valence electrons. The highest BCUT2D eigenvalue weighted by atomic mass is 32.2. The number of hydrogen-bond acceptors (Lipinski definition) is 6. The molecule has 8 heteroatoms. The highest BCUT2D eigenvalue weighted by Gasteiger charge is 2.27. The van der Waals surface area contributed by atoms with Gasteiger partial charge in [0, 0.05) is 17.9 Å². The van der Waals surface area contributed by atoms with E-state index in [-0.39, 0.29) is 10.6 Å². The normalized spacial score (nSPS) is 14.4. The molecule has 0 saturated heterocycles. The second-order valence-corrected chi connectivity index (χ2v) is 5.67. The van der Waals surface area contributed by atoms with Crippen molar-refractivity contribution in [2.75, 3.05) is 0 Å². The van der Waals surface area contributed by atoms with E-state index in [1.165, 1.54) is 12.1 Å². The minimum atomic E-state index is -0.388. The number of hydrogen-bond donors (Lipinski definition) is 0. The number of aromatic nitrogens is 4. The lowest BCUT2D eigenvalue weighted by molar-refractivity contribution is -0.384. The molecule has 0 bridgehead atoms. The summed E-state index contributed by atoms with van der Waals surface area (Å²) in [6, 6.07) is 7.12. The number of nitrogens with zero attached hydrogens (tertiary/aromatic N) is 5. The lowest BCUT2D eigenvalue weighted by Gasteiger charge is -2.03. The van der Waals surface area contributed by atoms with Crippen LogP contribution in [0.5, 0.6) is 0 Å². The largest absolute Gasteiger partial charge is 0.269 e. The van der Waals surface area contributed by atoms with Gasteiger partial charge in [0.25, 0.3) is 5.69 Å². The van der Waals surface area contributed by atoms with Crippen molar-refractivity contribution in [2.24, 2.45) is 0 Å². The maximum Gasteiger partial charge on any atom is 0.269 e. The Bertz CT molecular complexity index is 609. The summed E-state index contributed by atoms with van der Waals surface area (Å²) in [6.07, 6.45) is 2.32. The molecule has 0 amide bonds. The van der Waals surface area contributed by atoms with E-state index in [2.05, 4.69) is 15.5 Å². The van der Waals surface area contributed by atoms with Crippen LogP contribution in [-0.4, -0.2) is 25.1 Å². The van der Waals surface area contributed by atoms with Crippen molar-refractivity contribution in [3.63, 3.8) is 0 Å². The van der Waals surface area contributed by atoms with Gasteiger partial charge in [0.05, 0.1) is 16.7 Å². The lowest BCUT2D eigenvalue weighted by Crippen LogP contribution is -2.02. The van der Waals surface area contributed by atoms with E-state index in [1.807, 2.05) is 4.68 Å². The lowest BCUT2D eigenvalue weighted by atomic mass is 10.2. The molecule has 0 unspecified atom stereocenters. The van der Waals surface area contributed by atoms with Gasteiger partial charge in [-0.05, 0) is 28.8 Å². The fourth-order valence-corrected chi connectivity index (χ4v) is 2.79. The van der Waals surface area contributed by atoms with E-state index in [4.69, 9.17) is 0 Å². The molecule has 1 aromatic heterocycles. The van der Waals surface area contributed by atoms with Gasteiger partial charge in [0.2, 0.25) is 0 Å². The SMILES string of the molecule is O=[N+]([O-])c1ccc(CSCc2nnnn2C2CC2)cc1. The summed E-state index contributed by atoms with van der Waals surface area (Å²) < 4.78 is 1.91. The molecule has 1 saturated carbocycles. The van der Waals surface area contributed by atoms with Crippen molar-refractivity contribution in [2.45, 2.75) is 30.4 Å². The molecular formula is C12H13N5O2S. The van der Waals surface area contributed by atoms with Gasteiger partial charge >= 0.3 is 0 Å². The molecule has 2 aromatic rings. The molecular weight excluding hydrogens is 278 g/mol. The maximum absolute atomic E-state index is 10.6. The van der Waals surface area contributed by atoms with Crippen LogP contribution in [-0.2, 0) is 11.5 Å². The van der Waals surface area contributed by atoms with Crippen molar-refractivity contribution < 1.29 is 4.92 Å². The van der Waals surface area contributed by atoms with Gasteiger partial charge in [-0.1, -0.05) is 12.1 Å². The highest BCUT2D eigenvalue weighted by molar-refractivity contribution is 7.97. The first-order valence-electron chi connectivity index (χ1n) is 6.32. The maximum atomic E-state index is 10.6. The van der Waals surface area contributed by atoms with Crippen LogP contribution in [0.15, 0.2) is 24.3 Å². The van der Waals surface area contributed by atoms with E-state index in [9.17, 15) is 10.1 Å². The van der Waals surface area contributed by atoms with Crippen molar-refractivity contribution in [1.82, 2.24) is 20.2 Å². The summed E-state index contributed by atoms with van der Waals surface area (Å²) in [5, 5.41) is 22.3. The van der Waals surface area contributed by atoms with Crippen LogP contribution in [0.1, 0.15) is 30.3 Å². The molecule has 1 fully saturated rings. The summed E-state index contributed by atoms with van der Waals surface area (Å²) >= 11 is 1.70. The number of benzene rings is 1. The summed E-state index contributed by atoms with van der Waals surface area (Å²) in [4.78, 5) is 10.2. The third kappa shape index (κ3) is 2.96. The van der Waals surface area contributed by atoms with E-state index >= 15 is 0 Å². The first-order chi connectivity index (χ1) is 9.74. The molecule has 20 heavy (non-hydrogen) atoms. The molecule has 0 atom stereocenters. The van der Waals surface area contributed by atoms with E-state index < -0.39 is 0 Å². The van der Waals surface area contributed by atoms with E-state index in [1.54, 1.807) is 23.9 Å². The fraction of sp³-hybridized carbons (Fsp3) is 0.417. The van der Waals surface area contributed by atoms with E-state index in [0.29, 0.717) is 6.04 Å². The number of tetrazole rings is 1. The number of nitro benzene ring substituents is 1. The fourth-order valence-electron chi connectivity index (χ4n) is 1.88. The van der Waals surface area contributed by atoms with Crippen LogP contribution in [0.2, 0.25) is 0 Å². The average Bonchev–Trinajstić information content (AvgIpc) is 3.19. The van der Waals surface area contributed by atoms with Gasteiger partial charge in [-0.15, -0.1) is 16.9 Å². The monoisotopic (exact) mass is 291 g/mol. The molecule has 0 radical (unpaired) electrons. The van der Waals surface area contributed by atoms with E-state index in [0.717, 1.165) is 35.7 Å². The Kier molecular flexibility index (Phi) is 3.64. The zero-order chi connectivity index (χ0) is 13.9. The predicted molar refractivity (Wildman–Crippen MR) is 74.2 cm³/mol. The second-order valence-electron chi connectivity index (χ2n) is 4.69. The molecule has 7 nitrogen and oxygen atoms in total. The number of rotatable bonds is 6. The zero-order valence-electron chi connectivity index (χ0n) is 10.7. The van der Waals surface area contributed by atoms with Crippen molar-refractivity contribution in [3.05, 3.63) is 45.8 Å². The molecule has 1 heterocycles. The smallest absolute Gasteiger partial charge is 0.258 e. The number of thioether (sulfide) groups is 1. The summed E-state index contributed by atoms with van der Waals surface area (Å²) in [5.41, 5.74) is 1.18. The van der Waals surface area contributed by atoms with Gasteiger partial charge in [-0.2, -0.15) is 0 Å². The standard InChI is InChI=1S/C12H13N5O2S/c18-17(19)11-3-1-9(2-4-11)7-20-8-12-13-14-15-16(12)10-5-6-10/h1-4,10H,5-8H2. The van der Waals surface area contributed by atoms with Gasteiger partial charge in [0.15, 0.2) is 5.82 Å². The molecule has 1 aliphatic rings. The third-order valence-corrected chi connectivity index (χ3v) is 4.10. The van der Waals surface area contributed by atoms with Crippen LogP contribution >= 0.6 is 11.8 Å². The first-order valence-corrected chi connectivity index (χ1v) is 7.47. The van der Waals surface area contributed by atoms with Crippen LogP contribution in [0, 0.1) is 10.1 Å². The van der Waals surface area contributed by atoms with Gasteiger partial charge in [-0.25, -0.2) is 4.68 Å². The van der Waals surface area contributed by atoms with Gasteiger partial charge in [-0.3, -0.25) is 10.1 Å². The van der Waals surface area contributed by atoms with Gasteiger partial charge in [0.1, 0.15) is 0 Å². The van der Waals surface area contributed by atoms with Crippen molar-refractivity contribution in [1.29, 1.82) is 0 Å². The third-order valence-electron chi connectivity index (χ3n) is 3.10. The Hall–Kier alpha value is -1.96. The Morgan fingerprint density at radius 3 is 2.70 bits per heavy atom. The number of non-ortho nitro benzene ring substituents is 1. The Morgan fingerprint density at radius 1 is 1.30 bits per heavy atom. The molecule has 0 N–H and O–H groups in total. The molecule has 1 aliphatic carbocycles. The molecule has 3 rings (SSSR count). The van der Waals surface area contributed by atoms with Crippen LogP contribution in [0.25, 0.3) is 0 Å². The topological polar surface area (TPSA) is 86.7 Å². The Labute approximate surface area is 119 Å². The minimum Gasteiger partial charge on any atom is -0.258 e. The second kappa shape index (κ2) is 5.58. The average molecular weight is 291 g/mol. The first kappa shape index (κ1) is 13.0. The minimum absolute atomic E-state index is 0.122. The predicted octanol–water partition coefficient (Wildman–Crippen LogP) is 2.35. The quantitative estimate of drug-likeness (QED) is 0.599. The summed E-state index contributed by atoms with van der Waals surface area (Å²) in [7, 11) is 0. The van der Waals surface area contributed by atoms with Crippen LogP contribution < -0.4 is 0 Å². The summed E-state index contributed by atoms with van der Waals surface area (Å²) in [6.45, 7) is 0. The summed E-state index contributed by atoms with van der Waals surface area (Å²) in [5.74, 6) is 2.44. The molecule has 0 aliphatic heterocycles. The van der Waals surface area contributed by atoms with Crippen LogP contribution in [0.4, 0.5) is 5.69 Å². The zero-order valence-corrected chi connectivity index (χ0v) is 11.5. The Balaban J connectivity index is 1.54. The number of nitro groups is 1. The van der Waals surface area contributed by atoms with Crippen molar-refractivity contribution in [3.8, 4) is 0 Å². The van der Waals surface area contributed by atoms with Gasteiger partial charge < -0.3 is 0 Å². The molecule has 1 aromatic carbocycles. The molecule has 0 spiro atoms. The highest BCUT2D eigenvalue weighted by Crippen LogP contribution is 2.35.